The Morgan fingerprint density at radius 2 is 2.20 bits per heavy atom. The third-order valence-electron chi connectivity index (χ3n) is 3.70. The molecular weight excluding hydrogens is 344 g/mol. The number of ether oxygens (including phenoxy) is 1. The number of methoxy groups -OCH3 is 1. The Hall–Kier alpha value is -3.20. The molecule has 1 N–H and O–H groups in total. The Morgan fingerprint density at radius 1 is 1.36 bits per heavy atom. The van der Waals surface area contributed by atoms with E-state index < -0.39 is 5.91 Å². The van der Waals surface area contributed by atoms with Gasteiger partial charge >= 0.3 is 0 Å². The molecule has 1 aromatic carbocycles. The molecule has 0 saturated carbocycles. The molecule has 1 amide bonds. The summed E-state index contributed by atoms with van der Waals surface area (Å²) >= 11 is 1.15. The molecule has 0 atom stereocenters. The molecule has 0 fully saturated rings. The predicted octanol–water partition coefficient (Wildman–Crippen LogP) is 2.05. The summed E-state index contributed by atoms with van der Waals surface area (Å²) in [5.74, 6) is -0.218. The van der Waals surface area contributed by atoms with Gasteiger partial charge in [-0.3, -0.25) is 15.0 Å². The smallest absolute Gasteiger partial charge is 0.283 e. The van der Waals surface area contributed by atoms with Crippen LogP contribution in [0.15, 0.2) is 49.3 Å². The quantitative estimate of drug-likeness (QED) is 0.827. The minimum atomic E-state index is -0.598. The van der Waals surface area contributed by atoms with E-state index in [1.165, 1.54) is 30.0 Å². The van der Waals surface area contributed by atoms with Gasteiger partial charge in [0.25, 0.3) is 5.91 Å². The summed E-state index contributed by atoms with van der Waals surface area (Å²) in [6, 6.07) is 4.88. The first kappa shape index (κ1) is 15.3. The third kappa shape index (κ3) is 2.45. The van der Waals surface area contributed by atoms with E-state index in [0.29, 0.717) is 21.9 Å². The minimum Gasteiger partial charge on any atom is -0.497 e. The molecule has 8 nitrogen and oxygen atoms in total. The van der Waals surface area contributed by atoms with Crippen LogP contribution in [0.3, 0.4) is 0 Å². The van der Waals surface area contributed by atoms with E-state index in [9.17, 15) is 9.59 Å². The van der Waals surface area contributed by atoms with E-state index in [-0.39, 0.29) is 22.4 Å². The Kier molecular flexibility index (Phi) is 3.50. The molecule has 1 aromatic heterocycles. The highest BCUT2D eigenvalue weighted by molar-refractivity contribution is 8.25. The number of hydrogen-bond acceptors (Lipinski definition) is 7. The molecule has 9 heteroatoms. The lowest BCUT2D eigenvalue weighted by Gasteiger charge is -2.20. The fraction of sp³-hybridized carbons (Fsp3) is 0.0625. The molecule has 0 unspecified atom stereocenters. The molecule has 124 valence electrons. The second-order valence-corrected chi connectivity index (χ2v) is 5.95. The van der Waals surface area contributed by atoms with Crippen LogP contribution in [-0.4, -0.2) is 34.6 Å². The first-order valence-electron chi connectivity index (χ1n) is 7.11. The Labute approximate surface area is 145 Å². The Bertz CT molecular complexity index is 1080. The first-order chi connectivity index (χ1) is 12.1. The van der Waals surface area contributed by atoms with Crippen molar-refractivity contribution in [2.75, 3.05) is 7.11 Å². The number of carbonyl (C=O) groups excluding carboxylic acids is 1. The van der Waals surface area contributed by atoms with Gasteiger partial charge in [-0.2, -0.15) is 15.1 Å². The van der Waals surface area contributed by atoms with Gasteiger partial charge in [-0.15, -0.1) is 0 Å². The van der Waals surface area contributed by atoms with Gasteiger partial charge in [0.1, 0.15) is 17.6 Å². The van der Waals surface area contributed by atoms with E-state index >= 15 is 0 Å². The van der Waals surface area contributed by atoms with E-state index in [1.54, 1.807) is 18.2 Å². The lowest BCUT2D eigenvalue weighted by molar-refractivity contribution is -0.114. The van der Waals surface area contributed by atoms with Crippen LogP contribution in [0.1, 0.15) is 5.56 Å². The monoisotopic (exact) mass is 354 g/mol. The van der Waals surface area contributed by atoms with Crippen LogP contribution in [0.25, 0.3) is 17.0 Å². The van der Waals surface area contributed by atoms with Crippen molar-refractivity contribution < 1.29 is 13.9 Å². The van der Waals surface area contributed by atoms with Gasteiger partial charge in [-0.05, 0) is 36.0 Å². The number of aliphatic imine (C=N–C) groups is 1. The van der Waals surface area contributed by atoms with Crippen LogP contribution in [0, 0.1) is 5.41 Å². The van der Waals surface area contributed by atoms with Crippen molar-refractivity contribution in [3.8, 4) is 5.75 Å². The average molecular weight is 354 g/mol. The molecule has 0 saturated heterocycles. The number of fused-ring (bicyclic) bond motifs is 2. The maximum Gasteiger partial charge on any atom is 0.283 e. The number of amidine groups is 2. The van der Waals surface area contributed by atoms with Crippen molar-refractivity contribution in [1.29, 1.82) is 5.41 Å². The topological polar surface area (TPSA) is 108 Å². The number of nitrogens with zero attached hydrogens (tertiary/aromatic N) is 3. The number of hydrazone groups is 1. The summed E-state index contributed by atoms with van der Waals surface area (Å²) in [5.41, 5.74) is 1.67. The number of benzene rings is 1. The van der Waals surface area contributed by atoms with Crippen LogP contribution in [-0.2, 0) is 4.79 Å². The summed E-state index contributed by atoms with van der Waals surface area (Å²) in [6.07, 6.45) is 2.56. The second-order valence-electron chi connectivity index (χ2n) is 5.14. The Balaban J connectivity index is 1.85. The third-order valence-corrected chi connectivity index (χ3v) is 4.38. The normalized spacial score (nSPS) is 18.0. The van der Waals surface area contributed by atoms with Gasteiger partial charge in [0.05, 0.1) is 29.2 Å². The van der Waals surface area contributed by atoms with Crippen molar-refractivity contribution in [3.05, 3.63) is 45.8 Å². The van der Waals surface area contributed by atoms with Crippen LogP contribution in [0.4, 0.5) is 0 Å². The lowest BCUT2D eigenvalue weighted by Crippen LogP contribution is -2.35. The van der Waals surface area contributed by atoms with Crippen LogP contribution < -0.4 is 10.2 Å². The maximum atomic E-state index is 12.7. The molecule has 0 spiro atoms. The van der Waals surface area contributed by atoms with Crippen LogP contribution in [0.5, 0.6) is 5.75 Å². The molecule has 0 aliphatic carbocycles. The van der Waals surface area contributed by atoms with Crippen molar-refractivity contribution >= 4 is 51.3 Å². The van der Waals surface area contributed by atoms with Gasteiger partial charge in [-0.1, -0.05) is 0 Å². The zero-order valence-electron chi connectivity index (χ0n) is 12.8. The first-order valence-corrected chi connectivity index (χ1v) is 7.99. The van der Waals surface area contributed by atoms with Crippen molar-refractivity contribution in [3.63, 3.8) is 0 Å². The molecule has 4 rings (SSSR count). The van der Waals surface area contributed by atoms with E-state index in [4.69, 9.17) is 14.6 Å². The zero-order chi connectivity index (χ0) is 17.6. The highest BCUT2D eigenvalue weighted by atomic mass is 32.2. The number of amides is 1. The van der Waals surface area contributed by atoms with Gasteiger partial charge < -0.3 is 9.15 Å². The number of carbonyl (C=O) groups is 1. The summed E-state index contributed by atoms with van der Waals surface area (Å²) in [7, 11) is 1.50. The predicted molar refractivity (Wildman–Crippen MR) is 95.1 cm³/mol. The molecule has 0 bridgehead atoms. The fourth-order valence-corrected chi connectivity index (χ4v) is 3.05. The van der Waals surface area contributed by atoms with Gasteiger partial charge in [-0.25, -0.2) is 0 Å². The minimum absolute atomic E-state index is 0.0297. The highest BCUT2D eigenvalue weighted by Gasteiger charge is 2.32. The molecule has 0 radical (unpaired) electrons. The summed E-state index contributed by atoms with van der Waals surface area (Å²) in [4.78, 5) is 28.7. The standard InChI is InChI=1S/C16H10N4O4S/c1-23-9-2-3-12-10(5-9)13(21)8(6-24-12)4-11-14(17)20-16(19-15(11)22)25-7-18-20/h2-7,17H,1H3. The summed E-state index contributed by atoms with van der Waals surface area (Å²) in [5, 5.41) is 14.0. The maximum absolute atomic E-state index is 12.7. The Morgan fingerprint density at radius 3 is 3.00 bits per heavy atom. The van der Waals surface area contributed by atoms with Crippen molar-refractivity contribution in [2.45, 2.75) is 0 Å². The van der Waals surface area contributed by atoms with Crippen LogP contribution >= 0.6 is 11.8 Å². The van der Waals surface area contributed by atoms with E-state index in [0.717, 1.165) is 11.8 Å². The molecule has 25 heavy (non-hydrogen) atoms. The van der Waals surface area contributed by atoms with Crippen LogP contribution in [0.2, 0.25) is 0 Å². The molecule has 2 aromatic rings. The molecule has 2 aliphatic heterocycles. The van der Waals surface area contributed by atoms with E-state index in [2.05, 4.69) is 10.1 Å². The second kappa shape index (κ2) is 5.71. The van der Waals surface area contributed by atoms with Gasteiger partial charge in [0, 0.05) is 0 Å². The number of nitrogens with one attached hydrogen (secondary N) is 1. The number of rotatable bonds is 2. The zero-order valence-corrected chi connectivity index (χ0v) is 13.7. The van der Waals surface area contributed by atoms with Crippen molar-refractivity contribution in [2.24, 2.45) is 10.1 Å². The molecule has 2 aliphatic rings. The average Bonchev–Trinajstić information content (AvgIpc) is 3.08. The fourth-order valence-electron chi connectivity index (χ4n) is 2.44. The largest absolute Gasteiger partial charge is 0.497 e. The van der Waals surface area contributed by atoms with Crippen molar-refractivity contribution in [1.82, 2.24) is 5.01 Å². The highest BCUT2D eigenvalue weighted by Crippen LogP contribution is 2.25. The van der Waals surface area contributed by atoms with E-state index in [1.807, 2.05) is 0 Å². The number of hydrogen-bond donors (Lipinski definition) is 1. The summed E-state index contributed by atoms with van der Waals surface area (Å²) in [6.45, 7) is 0. The molecular formula is C16H10N4O4S. The van der Waals surface area contributed by atoms with Gasteiger partial charge in [0.2, 0.25) is 0 Å². The number of thioether (sulfide) groups is 1. The molecule has 3 heterocycles. The lowest BCUT2D eigenvalue weighted by atomic mass is 10.1. The SMILES string of the molecule is COc1ccc2occ(C=C3C(=N)N4N=CSC4=NC3=O)c(=O)c2c1. The van der Waals surface area contributed by atoms with Gasteiger partial charge in [0.15, 0.2) is 16.4 Å². The summed E-state index contributed by atoms with van der Waals surface area (Å²) < 4.78 is 10.6.